The van der Waals surface area contributed by atoms with Crippen molar-refractivity contribution in [2.45, 2.75) is 19.8 Å². The first kappa shape index (κ1) is 10.1. The maximum Gasteiger partial charge on any atom is 0.372 e. The van der Waals surface area contributed by atoms with Gasteiger partial charge in [-0.2, -0.15) is 5.10 Å². The van der Waals surface area contributed by atoms with Gasteiger partial charge in [0.25, 0.3) is 0 Å². The van der Waals surface area contributed by atoms with Crippen LogP contribution in [-0.2, 0) is 19.9 Å². The lowest BCUT2D eigenvalue weighted by Gasteiger charge is -2.12. The third kappa shape index (κ3) is 1.25. The summed E-state index contributed by atoms with van der Waals surface area (Å²) in [6.45, 7) is 1.79. The van der Waals surface area contributed by atoms with Gasteiger partial charge >= 0.3 is 5.97 Å². The molecule has 5 heteroatoms. The van der Waals surface area contributed by atoms with Gasteiger partial charge in [0.1, 0.15) is 5.76 Å². The summed E-state index contributed by atoms with van der Waals surface area (Å²) < 4.78 is 7.22. The van der Waals surface area contributed by atoms with Crippen LogP contribution in [0.4, 0.5) is 0 Å². The average Bonchev–Trinajstić information content (AvgIpc) is 2.81. The number of carboxylic acid groups (broad SMARTS) is 1. The molecule has 0 aliphatic heterocycles. The van der Waals surface area contributed by atoms with E-state index in [0.29, 0.717) is 5.56 Å². The molecule has 0 radical (unpaired) electrons. The quantitative estimate of drug-likeness (QED) is 0.813. The van der Waals surface area contributed by atoms with Crippen LogP contribution in [0.25, 0.3) is 11.3 Å². The predicted octanol–water partition coefficient (Wildman–Crippen LogP) is 1.79. The van der Waals surface area contributed by atoms with E-state index < -0.39 is 5.97 Å². The van der Waals surface area contributed by atoms with Crippen LogP contribution in [0.5, 0.6) is 0 Å². The number of fused-ring (bicyclic) bond motifs is 3. The molecule has 0 saturated heterocycles. The molecule has 0 saturated carbocycles. The Morgan fingerprint density at radius 1 is 1.53 bits per heavy atom. The molecule has 5 nitrogen and oxygen atoms in total. The molecule has 1 N–H and O–H groups in total. The smallest absolute Gasteiger partial charge is 0.372 e. The van der Waals surface area contributed by atoms with Crippen molar-refractivity contribution in [3.05, 3.63) is 28.8 Å². The molecule has 17 heavy (non-hydrogen) atoms. The van der Waals surface area contributed by atoms with Crippen LogP contribution in [0.15, 0.2) is 10.6 Å². The minimum atomic E-state index is -1.01. The third-order valence-electron chi connectivity index (χ3n) is 3.29. The summed E-state index contributed by atoms with van der Waals surface area (Å²) in [5.74, 6) is -0.208. The zero-order chi connectivity index (χ0) is 12.2. The number of aryl methyl sites for hydroxylation is 3. The summed E-state index contributed by atoms with van der Waals surface area (Å²) in [6, 6.07) is 0. The first-order valence-electron chi connectivity index (χ1n) is 5.46. The number of aromatic carboxylic acids is 1. The molecule has 0 unspecified atom stereocenters. The van der Waals surface area contributed by atoms with E-state index in [2.05, 4.69) is 5.10 Å². The first-order chi connectivity index (χ1) is 8.09. The van der Waals surface area contributed by atoms with Crippen LogP contribution in [0, 0.1) is 6.92 Å². The lowest BCUT2D eigenvalue weighted by atomic mass is 9.93. The van der Waals surface area contributed by atoms with E-state index in [1.165, 1.54) is 0 Å². The van der Waals surface area contributed by atoms with Crippen LogP contribution in [0.1, 0.15) is 27.4 Å². The second-order valence-corrected chi connectivity index (χ2v) is 4.30. The largest absolute Gasteiger partial charge is 0.475 e. The van der Waals surface area contributed by atoms with Gasteiger partial charge in [-0.1, -0.05) is 0 Å². The van der Waals surface area contributed by atoms with Gasteiger partial charge in [-0.05, 0) is 18.9 Å². The van der Waals surface area contributed by atoms with Gasteiger partial charge in [0, 0.05) is 24.6 Å². The molecule has 2 aromatic heterocycles. The van der Waals surface area contributed by atoms with Crippen molar-refractivity contribution in [3.63, 3.8) is 0 Å². The zero-order valence-electron chi connectivity index (χ0n) is 9.65. The van der Waals surface area contributed by atoms with Crippen LogP contribution in [0.3, 0.4) is 0 Å². The molecule has 0 amide bonds. The Labute approximate surface area is 97.7 Å². The molecule has 88 valence electrons. The predicted molar refractivity (Wildman–Crippen MR) is 60.0 cm³/mol. The highest BCUT2D eigenvalue weighted by atomic mass is 16.4. The Balaban J connectivity index is 2.31. The highest BCUT2D eigenvalue weighted by Crippen LogP contribution is 2.38. The fourth-order valence-corrected chi connectivity index (χ4v) is 2.50. The van der Waals surface area contributed by atoms with E-state index in [-0.39, 0.29) is 5.76 Å². The first-order valence-corrected chi connectivity index (χ1v) is 5.46. The van der Waals surface area contributed by atoms with Crippen molar-refractivity contribution in [1.29, 1.82) is 0 Å². The van der Waals surface area contributed by atoms with Crippen LogP contribution < -0.4 is 0 Å². The molecule has 2 heterocycles. The van der Waals surface area contributed by atoms with Crippen LogP contribution in [-0.4, -0.2) is 20.9 Å². The Kier molecular flexibility index (Phi) is 1.92. The fourth-order valence-electron chi connectivity index (χ4n) is 2.50. The van der Waals surface area contributed by atoms with E-state index in [9.17, 15) is 4.79 Å². The molecule has 0 fully saturated rings. The second-order valence-electron chi connectivity index (χ2n) is 4.30. The van der Waals surface area contributed by atoms with Crippen LogP contribution in [0.2, 0.25) is 0 Å². The number of aromatic nitrogens is 2. The number of carboxylic acids is 1. The van der Waals surface area contributed by atoms with Gasteiger partial charge in [0.05, 0.1) is 11.9 Å². The number of rotatable bonds is 1. The van der Waals surface area contributed by atoms with Crippen molar-refractivity contribution in [1.82, 2.24) is 9.78 Å². The van der Waals surface area contributed by atoms with E-state index in [1.807, 2.05) is 13.2 Å². The lowest BCUT2D eigenvalue weighted by Crippen LogP contribution is -2.04. The lowest BCUT2D eigenvalue weighted by molar-refractivity contribution is 0.0659. The minimum Gasteiger partial charge on any atom is -0.475 e. The Morgan fingerprint density at radius 3 is 3.00 bits per heavy atom. The standard InChI is InChI=1S/C12H12N2O3/c1-6-9-8(17-11(6)12(15)16)4-3-7-5-13-14(2)10(7)9/h5H,3-4H2,1-2H3,(H,15,16). The highest BCUT2D eigenvalue weighted by Gasteiger charge is 2.29. The summed E-state index contributed by atoms with van der Waals surface area (Å²) in [6.07, 6.45) is 3.43. The molecule has 2 aromatic rings. The molecule has 0 aromatic carbocycles. The van der Waals surface area contributed by atoms with Crippen molar-refractivity contribution in [2.24, 2.45) is 7.05 Å². The summed E-state index contributed by atoms with van der Waals surface area (Å²) in [5, 5.41) is 13.3. The zero-order valence-corrected chi connectivity index (χ0v) is 9.65. The molecular weight excluding hydrogens is 220 g/mol. The third-order valence-corrected chi connectivity index (χ3v) is 3.29. The van der Waals surface area contributed by atoms with E-state index in [1.54, 1.807) is 11.6 Å². The van der Waals surface area contributed by atoms with Gasteiger partial charge in [-0.15, -0.1) is 0 Å². The molecule has 0 bridgehead atoms. The SMILES string of the molecule is Cc1c(C(=O)O)oc2c1-c1c(cnn1C)CC2. The van der Waals surface area contributed by atoms with Crippen molar-refractivity contribution in [3.8, 4) is 11.3 Å². The average molecular weight is 232 g/mol. The van der Waals surface area contributed by atoms with Gasteiger partial charge < -0.3 is 9.52 Å². The van der Waals surface area contributed by atoms with Gasteiger partial charge in [-0.25, -0.2) is 4.79 Å². The van der Waals surface area contributed by atoms with E-state index >= 15 is 0 Å². The normalized spacial score (nSPS) is 13.3. The fraction of sp³-hybridized carbons (Fsp3) is 0.333. The molecule has 1 aliphatic rings. The summed E-state index contributed by atoms with van der Waals surface area (Å²) in [5.41, 5.74) is 3.74. The molecule has 1 aliphatic carbocycles. The van der Waals surface area contributed by atoms with Gasteiger partial charge in [-0.3, -0.25) is 4.68 Å². The summed E-state index contributed by atoms with van der Waals surface area (Å²) in [7, 11) is 1.86. The maximum atomic E-state index is 11.1. The highest BCUT2D eigenvalue weighted by molar-refractivity contribution is 5.90. The monoisotopic (exact) mass is 232 g/mol. The molecule has 0 spiro atoms. The van der Waals surface area contributed by atoms with Crippen LogP contribution >= 0.6 is 0 Å². The topological polar surface area (TPSA) is 68.3 Å². The van der Waals surface area contributed by atoms with Crippen molar-refractivity contribution >= 4 is 5.97 Å². The maximum absolute atomic E-state index is 11.1. The summed E-state index contributed by atoms with van der Waals surface area (Å²) in [4.78, 5) is 11.1. The number of nitrogens with zero attached hydrogens (tertiary/aromatic N) is 2. The minimum absolute atomic E-state index is 0.0454. The number of hydrogen-bond donors (Lipinski definition) is 1. The van der Waals surface area contributed by atoms with Crippen molar-refractivity contribution < 1.29 is 14.3 Å². The Hall–Kier alpha value is -2.04. The van der Waals surface area contributed by atoms with E-state index in [0.717, 1.165) is 35.4 Å². The number of hydrogen-bond acceptors (Lipinski definition) is 3. The van der Waals surface area contributed by atoms with Crippen molar-refractivity contribution in [2.75, 3.05) is 0 Å². The summed E-state index contributed by atoms with van der Waals surface area (Å²) >= 11 is 0. The second kappa shape index (κ2) is 3.23. The Morgan fingerprint density at radius 2 is 2.29 bits per heavy atom. The van der Waals surface area contributed by atoms with Gasteiger partial charge in [0.15, 0.2) is 0 Å². The van der Waals surface area contributed by atoms with E-state index in [4.69, 9.17) is 9.52 Å². The Bertz CT molecular complexity index is 622. The molecule has 3 rings (SSSR count). The van der Waals surface area contributed by atoms with Gasteiger partial charge in [0.2, 0.25) is 5.76 Å². The molecule has 0 atom stereocenters. The molecular formula is C12H12N2O3. The number of carbonyl (C=O) groups is 1. The number of furan rings is 1.